The molecule has 0 aliphatic rings. The Morgan fingerprint density at radius 1 is 0.649 bits per heavy atom. The summed E-state index contributed by atoms with van der Waals surface area (Å²) < 4.78 is 5.36. The van der Waals surface area contributed by atoms with Crippen molar-refractivity contribution >= 4 is 17.9 Å². The Bertz CT molecular complexity index is 992. The van der Waals surface area contributed by atoms with Crippen molar-refractivity contribution in [1.29, 1.82) is 0 Å². The molecule has 0 aromatic heterocycles. The van der Waals surface area contributed by atoms with Gasteiger partial charge in [-0.15, -0.1) is 0 Å². The van der Waals surface area contributed by atoms with Crippen molar-refractivity contribution in [3.05, 3.63) is 65.7 Å². The first-order valence-corrected chi connectivity index (χ1v) is 13.1. The van der Waals surface area contributed by atoms with Crippen LogP contribution in [0.1, 0.15) is 66.0 Å². The van der Waals surface area contributed by atoms with Gasteiger partial charge in [0, 0.05) is 17.7 Å². The first-order valence-electron chi connectivity index (χ1n) is 13.1. The second-order valence-corrected chi connectivity index (χ2v) is 10.4. The molecule has 0 N–H and O–H groups in total. The van der Waals surface area contributed by atoms with Gasteiger partial charge in [0.1, 0.15) is 5.75 Å². The van der Waals surface area contributed by atoms with E-state index in [0.717, 1.165) is 11.1 Å². The van der Waals surface area contributed by atoms with Gasteiger partial charge in [-0.3, -0.25) is 4.79 Å². The molecule has 7 nitrogen and oxygen atoms in total. The lowest BCUT2D eigenvalue weighted by Crippen LogP contribution is -2.58. The second kappa shape index (κ2) is 13.9. The standard InChI is InChI=1S/C30H42NO6/c1-21(2)28(32)35-27-17-15-26(16-18-27)14-13-24(7)31(36-29(33)22(3)4,37-30(34)23(5)6)20-19-25-11-9-8-10-12-25/h8-12,15-18,21-24H,13-14,19-20H2,1-7H3/q+1. The number of aryl methyl sites for hydroxylation is 1. The number of esters is 1. The molecule has 7 heteroatoms. The number of carbonyl (C=O) groups excluding carboxylic acids is 3. The Balaban J connectivity index is 2.26. The normalized spacial score (nSPS) is 12.5. The van der Waals surface area contributed by atoms with E-state index in [4.69, 9.17) is 14.4 Å². The van der Waals surface area contributed by atoms with Crippen LogP contribution < -0.4 is 4.74 Å². The van der Waals surface area contributed by atoms with Gasteiger partial charge in [0.15, 0.2) is 12.6 Å². The van der Waals surface area contributed by atoms with E-state index >= 15 is 0 Å². The summed E-state index contributed by atoms with van der Waals surface area (Å²) in [6.45, 7) is 12.9. The van der Waals surface area contributed by atoms with Crippen LogP contribution in [0.5, 0.6) is 5.75 Å². The summed E-state index contributed by atoms with van der Waals surface area (Å²) in [6.07, 6.45) is 1.82. The molecular weight excluding hydrogens is 470 g/mol. The Kier molecular flexibility index (Phi) is 11.3. The minimum Gasteiger partial charge on any atom is -0.426 e. The van der Waals surface area contributed by atoms with Crippen LogP contribution in [0.4, 0.5) is 0 Å². The van der Waals surface area contributed by atoms with Gasteiger partial charge in [-0.1, -0.05) is 84.0 Å². The minimum absolute atomic E-state index is 0.204. The van der Waals surface area contributed by atoms with Crippen molar-refractivity contribution in [2.45, 2.75) is 73.8 Å². The van der Waals surface area contributed by atoms with E-state index < -0.39 is 16.7 Å². The SMILES string of the molecule is CC(C)C(=O)Oc1ccc(CCC(C)[N+](CCc2ccccc2)(OC(=O)C(C)C)OC(=O)C(C)C)cc1. The smallest absolute Gasteiger partial charge is 0.374 e. The lowest BCUT2D eigenvalue weighted by molar-refractivity contribution is -1.24. The monoisotopic (exact) mass is 512 g/mol. The average molecular weight is 513 g/mol. The third-order valence-corrected chi connectivity index (χ3v) is 6.12. The van der Waals surface area contributed by atoms with Gasteiger partial charge < -0.3 is 4.74 Å². The van der Waals surface area contributed by atoms with Crippen molar-refractivity contribution in [2.75, 3.05) is 6.54 Å². The maximum atomic E-state index is 12.8. The number of ether oxygens (including phenoxy) is 1. The fraction of sp³-hybridized carbons (Fsp3) is 0.500. The number of hydrogen-bond donors (Lipinski definition) is 0. The zero-order chi connectivity index (χ0) is 27.6. The van der Waals surface area contributed by atoms with Gasteiger partial charge in [0.05, 0.1) is 17.8 Å². The van der Waals surface area contributed by atoms with E-state index in [1.54, 1.807) is 53.7 Å². The van der Waals surface area contributed by atoms with Crippen LogP contribution in [0.2, 0.25) is 0 Å². The molecule has 2 rings (SSSR count). The molecule has 1 unspecified atom stereocenters. The van der Waals surface area contributed by atoms with E-state index in [-0.39, 0.29) is 29.8 Å². The summed E-state index contributed by atoms with van der Waals surface area (Å²) in [4.78, 5) is 48.9. The predicted molar refractivity (Wildman–Crippen MR) is 142 cm³/mol. The molecule has 2 aromatic carbocycles. The maximum Gasteiger partial charge on any atom is 0.374 e. The molecule has 0 aliphatic heterocycles. The summed E-state index contributed by atoms with van der Waals surface area (Å²) in [5.41, 5.74) is 2.09. The largest absolute Gasteiger partial charge is 0.426 e. The summed E-state index contributed by atoms with van der Waals surface area (Å²) in [6, 6.07) is 16.9. The average Bonchev–Trinajstić information content (AvgIpc) is 2.86. The third-order valence-electron chi connectivity index (χ3n) is 6.12. The Labute approximate surface area is 221 Å². The van der Waals surface area contributed by atoms with E-state index in [1.807, 2.05) is 49.4 Å². The highest BCUT2D eigenvalue weighted by Crippen LogP contribution is 2.26. The number of hydrogen-bond acceptors (Lipinski definition) is 6. The summed E-state index contributed by atoms with van der Waals surface area (Å²) in [5.74, 6) is -1.58. The summed E-state index contributed by atoms with van der Waals surface area (Å²) in [5, 5.41) is 0. The highest BCUT2D eigenvalue weighted by molar-refractivity contribution is 5.74. The Morgan fingerprint density at radius 3 is 1.62 bits per heavy atom. The Morgan fingerprint density at radius 2 is 1.14 bits per heavy atom. The van der Waals surface area contributed by atoms with Gasteiger partial charge in [0.25, 0.3) is 0 Å². The van der Waals surface area contributed by atoms with Crippen molar-refractivity contribution in [3.63, 3.8) is 0 Å². The van der Waals surface area contributed by atoms with Gasteiger partial charge in [-0.25, -0.2) is 19.3 Å². The molecule has 202 valence electrons. The van der Waals surface area contributed by atoms with Gasteiger partial charge >= 0.3 is 17.9 Å². The highest BCUT2D eigenvalue weighted by atomic mass is 17.0. The lowest BCUT2D eigenvalue weighted by atomic mass is 10.0. The number of quaternary nitrogens is 1. The fourth-order valence-corrected chi connectivity index (χ4v) is 3.49. The number of benzene rings is 2. The molecule has 2 aromatic rings. The maximum absolute atomic E-state index is 12.8. The van der Waals surface area contributed by atoms with E-state index in [0.29, 0.717) is 31.6 Å². The van der Waals surface area contributed by atoms with Crippen LogP contribution in [0.15, 0.2) is 54.6 Å². The molecule has 0 amide bonds. The molecule has 0 bridgehead atoms. The van der Waals surface area contributed by atoms with Crippen LogP contribution in [-0.2, 0) is 36.9 Å². The number of rotatable bonds is 13. The third kappa shape index (κ3) is 9.32. The molecule has 0 radical (unpaired) electrons. The van der Waals surface area contributed by atoms with Gasteiger partial charge in [-0.05, 0) is 36.6 Å². The number of nitrogens with zero attached hydrogens (tertiary/aromatic N) is 1. The van der Waals surface area contributed by atoms with E-state index in [1.165, 1.54) is 0 Å². The summed E-state index contributed by atoms with van der Waals surface area (Å²) >= 11 is 0. The number of carbonyl (C=O) groups is 3. The number of hydroxylamine groups is 4. The quantitative estimate of drug-likeness (QED) is 0.145. The predicted octanol–water partition coefficient (Wildman–Crippen LogP) is 5.86. The van der Waals surface area contributed by atoms with Crippen LogP contribution >= 0.6 is 0 Å². The molecule has 37 heavy (non-hydrogen) atoms. The van der Waals surface area contributed by atoms with E-state index in [2.05, 4.69) is 0 Å². The highest BCUT2D eigenvalue weighted by Gasteiger charge is 2.45. The fourth-order valence-electron chi connectivity index (χ4n) is 3.49. The van der Waals surface area contributed by atoms with Gasteiger partial charge in [0.2, 0.25) is 0 Å². The molecule has 0 saturated carbocycles. The molecule has 0 saturated heterocycles. The van der Waals surface area contributed by atoms with Crippen molar-refractivity contribution in [2.24, 2.45) is 17.8 Å². The lowest BCUT2D eigenvalue weighted by Gasteiger charge is -2.36. The molecule has 0 heterocycles. The molecule has 0 aliphatic carbocycles. The van der Waals surface area contributed by atoms with E-state index in [9.17, 15) is 14.4 Å². The van der Waals surface area contributed by atoms with Crippen molar-refractivity contribution in [1.82, 2.24) is 0 Å². The van der Waals surface area contributed by atoms with Crippen LogP contribution in [-0.4, -0.2) is 35.3 Å². The Hall–Kier alpha value is -3.19. The van der Waals surface area contributed by atoms with Crippen LogP contribution in [0, 0.1) is 17.8 Å². The van der Waals surface area contributed by atoms with Crippen molar-refractivity contribution in [3.8, 4) is 5.75 Å². The zero-order valence-electron chi connectivity index (χ0n) is 23.2. The minimum atomic E-state index is -0.521. The van der Waals surface area contributed by atoms with Crippen LogP contribution in [0.3, 0.4) is 0 Å². The second-order valence-electron chi connectivity index (χ2n) is 10.4. The van der Waals surface area contributed by atoms with Gasteiger partial charge in [-0.2, -0.15) is 0 Å². The van der Waals surface area contributed by atoms with Crippen LogP contribution in [0.25, 0.3) is 0 Å². The molecular formula is C30H42NO6+. The zero-order valence-corrected chi connectivity index (χ0v) is 23.2. The topological polar surface area (TPSA) is 78.9 Å². The first-order chi connectivity index (χ1) is 17.4. The first kappa shape index (κ1) is 30.0. The van der Waals surface area contributed by atoms with Crippen molar-refractivity contribution < 1.29 is 33.6 Å². The molecule has 0 spiro atoms. The molecule has 1 atom stereocenters. The summed E-state index contributed by atoms with van der Waals surface area (Å²) in [7, 11) is 0. The molecule has 0 fully saturated rings.